The lowest BCUT2D eigenvalue weighted by Gasteiger charge is -2.17. The summed E-state index contributed by atoms with van der Waals surface area (Å²) < 4.78 is 5.53. The van der Waals surface area contributed by atoms with Crippen molar-refractivity contribution in [1.29, 1.82) is 0 Å². The van der Waals surface area contributed by atoms with Gasteiger partial charge in [-0.25, -0.2) is 0 Å². The number of H-pyrrole nitrogens is 1. The van der Waals surface area contributed by atoms with Crippen LogP contribution in [-0.4, -0.2) is 52.9 Å². The van der Waals surface area contributed by atoms with Crippen LogP contribution in [0.1, 0.15) is 41.4 Å². The third-order valence-corrected chi connectivity index (χ3v) is 6.90. The fourth-order valence-electron chi connectivity index (χ4n) is 4.87. The van der Waals surface area contributed by atoms with Crippen LogP contribution in [0.2, 0.25) is 5.02 Å². The molecular formula is C29H26ClN5O3. The van der Waals surface area contributed by atoms with Crippen molar-refractivity contribution in [1.82, 2.24) is 20.2 Å². The number of halogens is 1. The molecule has 0 unspecified atom stereocenters. The molecule has 0 aliphatic carbocycles. The van der Waals surface area contributed by atoms with E-state index in [9.17, 15) is 9.59 Å². The summed E-state index contributed by atoms with van der Waals surface area (Å²) in [6, 6.07) is 7.04. The van der Waals surface area contributed by atoms with Crippen LogP contribution in [0.25, 0.3) is 11.3 Å². The van der Waals surface area contributed by atoms with E-state index in [1.807, 2.05) is 18.2 Å². The van der Waals surface area contributed by atoms with Gasteiger partial charge >= 0.3 is 0 Å². The van der Waals surface area contributed by atoms with Crippen molar-refractivity contribution in [2.45, 2.75) is 32.2 Å². The van der Waals surface area contributed by atoms with Crippen LogP contribution >= 0.6 is 11.6 Å². The molecule has 0 spiro atoms. The van der Waals surface area contributed by atoms with E-state index in [-0.39, 0.29) is 17.9 Å². The Balaban J connectivity index is 1.59. The van der Waals surface area contributed by atoms with Crippen LogP contribution in [0.5, 0.6) is 5.75 Å². The first-order chi connectivity index (χ1) is 18.5. The Kier molecular flexibility index (Phi) is 7.26. The summed E-state index contributed by atoms with van der Waals surface area (Å²) in [5, 5.41) is 6.77. The van der Waals surface area contributed by atoms with Gasteiger partial charge in [-0.15, -0.1) is 0 Å². The van der Waals surface area contributed by atoms with Crippen molar-refractivity contribution in [3.8, 4) is 40.7 Å². The Morgan fingerprint density at radius 1 is 1.32 bits per heavy atom. The number of hydrogen-bond donors (Lipinski definition) is 3. The molecule has 2 amide bonds. The van der Waals surface area contributed by atoms with E-state index < -0.39 is 0 Å². The smallest absolute Gasteiger partial charge is 0.299 e. The molecule has 1 fully saturated rings. The highest BCUT2D eigenvalue weighted by Crippen LogP contribution is 2.41. The van der Waals surface area contributed by atoms with E-state index in [4.69, 9.17) is 16.3 Å². The molecule has 38 heavy (non-hydrogen) atoms. The van der Waals surface area contributed by atoms with E-state index in [1.165, 1.54) is 0 Å². The zero-order valence-corrected chi connectivity index (χ0v) is 21.8. The second-order valence-corrected chi connectivity index (χ2v) is 9.31. The summed E-state index contributed by atoms with van der Waals surface area (Å²) in [6.07, 6.45) is 5.71. The predicted octanol–water partition coefficient (Wildman–Crippen LogP) is 4.13. The summed E-state index contributed by atoms with van der Waals surface area (Å²) >= 11 is 6.37. The largest absolute Gasteiger partial charge is 0.493 e. The topological polar surface area (TPSA) is 99.3 Å². The first kappa shape index (κ1) is 25.3. The van der Waals surface area contributed by atoms with Gasteiger partial charge in [-0.05, 0) is 43.9 Å². The average molecular weight is 528 g/mol. The predicted molar refractivity (Wildman–Crippen MR) is 146 cm³/mol. The van der Waals surface area contributed by atoms with Crippen molar-refractivity contribution in [3.63, 3.8) is 0 Å². The molecular weight excluding hydrogens is 502 g/mol. The number of benzene rings is 1. The second kappa shape index (κ2) is 10.9. The normalized spacial score (nSPS) is 15.9. The lowest BCUT2D eigenvalue weighted by atomic mass is 10.0. The van der Waals surface area contributed by atoms with E-state index in [1.54, 1.807) is 37.4 Å². The molecule has 5 rings (SSSR count). The zero-order valence-electron chi connectivity index (χ0n) is 21.1. The second-order valence-electron chi connectivity index (χ2n) is 8.90. The number of methoxy groups -OCH3 is 1. The number of para-hydroxylation sites is 1. The minimum atomic E-state index is -0.215. The average Bonchev–Trinajstić information content (AvgIpc) is 3.53. The molecule has 1 aromatic carbocycles. The number of aromatic amines is 1. The number of pyridine rings is 1. The maximum absolute atomic E-state index is 13.0. The molecule has 4 heterocycles. The first-order valence-corrected chi connectivity index (χ1v) is 12.7. The van der Waals surface area contributed by atoms with Gasteiger partial charge in [0.15, 0.2) is 5.75 Å². The number of rotatable bonds is 4. The Morgan fingerprint density at radius 2 is 2.18 bits per heavy atom. The highest BCUT2D eigenvalue weighted by Gasteiger charge is 2.29. The van der Waals surface area contributed by atoms with Crippen LogP contribution < -0.4 is 15.4 Å². The van der Waals surface area contributed by atoms with Crippen molar-refractivity contribution in [2.24, 2.45) is 0 Å². The van der Waals surface area contributed by atoms with Gasteiger partial charge in [0.1, 0.15) is 0 Å². The molecule has 2 aliphatic heterocycles. The molecule has 0 saturated carbocycles. The number of nitrogens with zero attached hydrogens (tertiary/aromatic N) is 2. The van der Waals surface area contributed by atoms with Crippen LogP contribution in [-0.2, 0) is 11.2 Å². The summed E-state index contributed by atoms with van der Waals surface area (Å²) in [7, 11) is 1.55. The Bertz CT molecular complexity index is 1540. The van der Waals surface area contributed by atoms with Gasteiger partial charge in [-0.2, -0.15) is 0 Å². The van der Waals surface area contributed by atoms with Gasteiger partial charge in [-0.3, -0.25) is 14.6 Å². The van der Waals surface area contributed by atoms with Crippen molar-refractivity contribution < 1.29 is 14.3 Å². The number of fused-ring (bicyclic) bond motifs is 1. The van der Waals surface area contributed by atoms with Gasteiger partial charge in [0.2, 0.25) is 0 Å². The van der Waals surface area contributed by atoms with E-state index in [0.29, 0.717) is 58.5 Å². The molecule has 3 aromatic rings. The van der Waals surface area contributed by atoms with Crippen LogP contribution in [0, 0.1) is 23.7 Å². The Hall–Kier alpha value is -4.40. The number of likely N-dealkylation sites (tertiary alicyclic amines) is 1. The summed E-state index contributed by atoms with van der Waals surface area (Å²) in [4.78, 5) is 34.8. The highest BCUT2D eigenvalue weighted by molar-refractivity contribution is 6.32. The maximum Gasteiger partial charge on any atom is 0.299 e. The Labute approximate surface area is 226 Å². The van der Waals surface area contributed by atoms with Crippen molar-refractivity contribution in [3.05, 3.63) is 58.5 Å². The molecule has 1 saturated heterocycles. The fraction of sp³-hybridized carbons (Fsp3) is 0.276. The quantitative estimate of drug-likeness (QED) is 0.443. The standard InChI is InChI=1S/C29H26ClN5O3/c1-3-6-24(36)35-16-5-7-19(35)11-10-18-17-31-14-12-20(18)26-27(25-22(33-26)13-15-32-29(25)37)34-23-9-4-8-21(30)28(23)38-2/h4,8-9,12,14,17,19,33-34H,5,7,13,15-16H2,1-2H3,(H,32,37)/t19-/m1/s1. The third-order valence-electron chi connectivity index (χ3n) is 6.61. The molecule has 0 radical (unpaired) electrons. The minimum absolute atomic E-state index is 0.170. The van der Waals surface area contributed by atoms with Crippen molar-refractivity contribution in [2.75, 3.05) is 25.5 Å². The van der Waals surface area contributed by atoms with Gasteiger partial charge in [0.25, 0.3) is 11.8 Å². The maximum atomic E-state index is 13.0. The number of ether oxygens (including phenoxy) is 1. The van der Waals surface area contributed by atoms with E-state index >= 15 is 0 Å². The number of nitrogens with one attached hydrogen (secondary N) is 3. The monoisotopic (exact) mass is 527 g/mol. The number of aromatic nitrogens is 2. The van der Waals surface area contributed by atoms with Crippen LogP contribution in [0.4, 0.5) is 11.4 Å². The summed E-state index contributed by atoms with van der Waals surface area (Å²) in [6.45, 7) is 2.83. The third kappa shape index (κ3) is 4.79. The minimum Gasteiger partial charge on any atom is -0.493 e. The van der Waals surface area contributed by atoms with E-state index in [0.717, 1.165) is 24.1 Å². The molecule has 9 heteroatoms. The fourth-order valence-corrected chi connectivity index (χ4v) is 5.12. The highest BCUT2D eigenvalue weighted by atomic mass is 35.5. The molecule has 1 atom stereocenters. The molecule has 2 aromatic heterocycles. The van der Waals surface area contributed by atoms with Crippen molar-refractivity contribution >= 4 is 34.8 Å². The number of carbonyl (C=O) groups excluding carboxylic acids is 2. The molecule has 192 valence electrons. The Morgan fingerprint density at radius 3 is 3.00 bits per heavy atom. The van der Waals surface area contributed by atoms with Gasteiger partial charge in [0.05, 0.1) is 46.4 Å². The number of carbonyl (C=O) groups is 2. The number of hydrogen-bond acceptors (Lipinski definition) is 5. The number of amides is 2. The van der Waals surface area contributed by atoms with Gasteiger partial charge < -0.3 is 25.3 Å². The molecule has 8 nitrogen and oxygen atoms in total. The zero-order chi connectivity index (χ0) is 26.6. The SMILES string of the molecule is CC#CC(=O)N1CCC[C@@H]1C#Cc1cnccc1-c1[nH]c2c(c1Nc1cccc(Cl)c1OC)C(=O)NCC2. The molecule has 3 N–H and O–H groups in total. The lowest BCUT2D eigenvalue weighted by Crippen LogP contribution is -2.33. The van der Waals surface area contributed by atoms with Crippen LogP contribution in [0.3, 0.4) is 0 Å². The molecule has 0 bridgehead atoms. The van der Waals surface area contributed by atoms with Gasteiger partial charge in [0, 0.05) is 43.2 Å². The van der Waals surface area contributed by atoms with Gasteiger partial charge in [-0.1, -0.05) is 35.4 Å². The first-order valence-electron chi connectivity index (χ1n) is 12.3. The van der Waals surface area contributed by atoms with E-state index in [2.05, 4.69) is 44.3 Å². The lowest BCUT2D eigenvalue weighted by molar-refractivity contribution is -0.125. The number of anilines is 2. The summed E-state index contributed by atoms with van der Waals surface area (Å²) in [5.41, 5.74) is 4.75. The molecule has 2 aliphatic rings. The van der Waals surface area contributed by atoms with Crippen LogP contribution in [0.15, 0.2) is 36.7 Å². The summed E-state index contributed by atoms with van der Waals surface area (Å²) in [5.74, 6) is 11.9.